The summed E-state index contributed by atoms with van der Waals surface area (Å²) in [5.74, 6) is 0.398. The Kier molecular flexibility index (Phi) is 6.60. The topological polar surface area (TPSA) is 105 Å². The van der Waals surface area contributed by atoms with Gasteiger partial charge < -0.3 is 33.4 Å². The van der Waals surface area contributed by atoms with Gasteiger partial charge in [0.1, 0.15) is 19.8 Å². The standard InChI is InChI=1S/C23H20ClNO8/c1-28-18-10-14(16(11-19(18)29-2)25-22(26)17-4-3-5-30-17)23(27)33-12-13-8-15(24)21-20(9-13)31-6-7-32-21/h3-5,8-11H,6-7,12H2,1-2H3,(H,25,26). The van der Waals surface area contributed by atoms with Gasteiger partial charge in [-0.1, -0.05) is 11.6 Å². The highest BCUT2D eigenvalue weighted by Crippen LogP contribution is 2.39. The summed E-state index contributed by atoms with van der Waals surface area (Å²) < 4.78 is 32.2. The van der Waals surface area contributed by atoms with Crippen LogP contribution in [0.1, 0.15) is 26.5 Å². The molecule has 3 aromatic rings. The van der Waals surface area contributed by atoms with Gasteiger partial charge in [-0.25, -0.2) is 4.79 Å². The predicted molar refractivity (Wildman–Crippen MR) is 118 cm³/mol. The van der Waals surface area contributed by atoms with Crippen LogP contribution in [0.3, 0.4) is 0 Å². The van der Waals surface area contributed by atoms with Gasteiger partial charge in [0.15, 0.2) is 28.8 Å². The molecule has 0 unspecified atom stereocenters. The first-order valence-electron chi connectivity index (χ1n) is 9.86. The molecule has 0 aliphatic carbocycles. The van der Waals surface area contributed by atoms with E-state index < -0.39 is 11.9 Å². The summed E-state index contributed by atoms with van der Waals surface area (Å²) in [6, 6.07) is 9.31. The van der Waals surface area contributed by atoms with E-state index >= 15 is 0 Å². The maximum Gasteiger partial charge on any atom is 0.340 e. The first-order valence-corrected chi connectivity index (χ1v) is 10.2. The van der Waals surface area contributed by atoms with E-state index in [1.54, 1.807) is 18.2 Å². The van der Waals surface area contributed by atoms with Gasteiger partial charge in [0.05, 0.1) is 36.8 Å². The van der Waals surface area contributed by atoms with Crippen molar-refractivity contribution in [2.24, 2.45) is 0 Å². The number of benzene rings is 2. The summed E-state index contributed by atoms with van der Waals surface area (Å²) in [6.07, 6.45) is 1.37. The van der Waals surface area contributed by atoms with Crippen LogP contribution in [0.2, 0.25) is 5.02 Å². The maximum absolute atomic E-state index is 13.0. The van der Waals surface area contributed by atoms with Crippen molar-refractivity contribution in [3.05, 3.63) is 64.6 Å². The second-order valence-corrected chi connectivity index (χ2v) is 7.27. The second kappa shape index (κ2) is 9.74. The van der Waals surface area contributed by atoms with Gasteiger partial charge in [0.2, 0.25) is 0 Å². The molecule has 10 heteroatoms. The average molecular weight is 474 g/mol. The number of carbonyl (C=O) groups excluding carboxylic acids is 2. The number of hydrogen-bond donors (Lipinski definition) is 1. The Morgan fingerprint density at radius 3 is 2.55 bits per heavy atom. The SMILES string of the molecule is COc1cc(NC(=O)c2ccco2)c(C(=O)OCc2cc(Cl)c3c(c2)OCCO3)cc1OC. The molecule has 1 amide bonds. The monoisotopic (exact) mass is 473 g/mol. The molecule has 0 saturated carbocycles. The third-order valence-electron chi connectivity index (χ3n) is 4.76. The lowest BCUT2D eigenvalue weighted by Crippen LogP contribution is -2.17. The molecule has 1 aliphatic heterocycles. The molecule has 1 aromatic heterocycles. The minimum absolute atomic E-state index is 0.0659. The van der Waals surface area contributed by atoms with Gasteiger partial charge in [-0.3, -0.25) is 4.79 Å². The molecule has 1 N–H and O–H groups in total. The zero-order valence-corrected chi connectivity index (χ0v) is 18.6. The molecular formula is C23H20ClNO8. The van der Waals surface area contributed by atoms with E-state index in [1.165, 1.54) is 38.7 Å². The van der Waals surface area contributed by atoms with E-state index in [2.05, 4.69) is 5.32 Å². The molecule has 0 bridgehead atoms. The van der Waals surface area contributed by atoms with Crippen LogP contribution >= 0.6 is 11.6 Å². The van der Waals surface area contributed by atoms with Crippen molar-refractivity contribution < 1.29 is 37.7 Å². The van der Waals surface area contributed by atoms with Crippen molar-refractivity contribution in [1.29, 1.82) is 0 Å². The zero-order chi connectivity index (χ0) is 23.4. The summed E-state index contributed by atoms with van der Waals surface area (Å²) in [4.78, 5) is 25.5. The molecule has 0 radical (unpaired) electrons. The number of methoxy groups -OCH3 is 2. The Bertz CT molecular complexity index is 1180. The first-order chi connectivity index (χ1) is 16.0. The molecule has 0 spiro atoms. The number of ether oxygens (including phenoxy) is 5. The van der Waals surface area contributed by atoms with Crippen LogP contribution in [0.5, 0.6) is 23.0 Å². The molecule has 0 fully saturated rings. The van der Waals surface area contributed by atoms with E-state index in [4.69, 9.17) is 39.7 Å². The van der Waals surface area contributed by atoms with Gasteiger partial charge in [0, 0.05) is 12.1 Å². The number of furan rings is 1. The Balaban J connectivity index is 1.58. The minimum Gasteiger partial charge on any atom is -0.493 e. The lowest BCUT2D eigenvalue weighted by atomic mass is 10.1. The summed E-state index contributed by atoms with van der Waals surface area (Å²) in [5, 5.41) is 3.00. The molecular weight excluding hydrogens is 454 g/mol. The smallest absolute Gasteiger partial charge is 0.340 e. The summed E-state index contributed by atoms with van der Waals surface area (Å²) in [6.45, 7) is 0.721. The Morgan fingerprint density at radius 2 is 1.82 bits per heavy atom. The van der Waals surface area contributed by atoms with Crippen LogP contribution in [0.25, 0.3) is 0 Å². The van der Waals surface area contributed by atoms with Crippen molar-refractivity contribution in [3.8, 4) is 23.0 Å². The van der Waals surface area contributed by atoms with Crippen molar-refractivity contribution in [3.63, 3.8) is 0 Å². The van der Waals surface area contributed by atoms with Gasteiger partial charge in [-0.2, -0.15) is 0 Å². The van der Waals surface area contributed by atoms with Crippen molar-refractivity contribution >= 4 is 29.2 Å². The molecule has 9 nitrogen and oxygen atoms in total. The quantitative estimate of drug-likeness (QED) is 0.505. The van der Waals surface area contributed by atoms with Gasteiger partial charge in [-0.15, -0.1) is 0 Å². The maximum atomic E-state index is 13.0. The minimum atomic E-state index is -0.697. The molecule has 2 aromatic carbocycles. The van der Waals surface area contributed by atoms with Crippen molar-refractivity contribution in [1.82, 2.24) is 0 Å². The Morgan fingerprint density at radius 1 is 1.06 bits per heavy atom. The summed E-state index contributed by atoms with van der Waals surface area (Å²) >= 11 is 6.25. The van der Waals surface area contributed by atoms with Crippen LogP contribution in [0.15, 0.2) is 47.1 Å². The normalized spacial score (nSPS) is 12.1. The van der Waals surface area contributed by atoms with Crippen molar-refractivity contribution in [2.75, 3.05) is 32.8 Å². The van der Waals surface area contributed by atoms with Gasteiger partial charge in [0.25, 0.3) is 5.91 Å². The number of amides is 1. The molecule has 0 atom stereocenters. The molecule has 1 aliphatic rings. The lowest BCUT2D eigenvalue weighted by molar-refractivity contribution is 0.0472. The lowest BCUT2D eigenvalue weighted by Gasteiger charge is -2.20. The Hall–Kier alpha value is -3.85. The number of hydrogen-bond acceptors (Lipinski definition) is 8. The fourth-order valence-electron chi connectivity index (χ4n) is 3.22. The highest BCUT2D eigenvalue weighted by molar-refractivity contribution is 6.32. The predicted octanol–water partition coefficient (Wildman–Crippen LogP) is 4.33. The van der Waals surface area contributed by atoms with E-state index in [0.29, 0.717) is 46.8 Å². The summed E-state index contributed by atoms with van der Waals surface area (Å²) in [7, 11) is 2.88. The van der Waals surface area contributed by atoms with Crippen LogP contribution in [-0.4, -0.2) is 39.3 Å². The highest BCUT2D eigenvalue weighted by Gasteiger charge is 2.22. The fourth-order valence-corrected chi connectivity index (χ4v) is 3.51. The van der Waals surface area contributed by atoms with Gasteiger partial charge in [-0.05, 0) is 29.8 Å². The molecule has 0 saturated heterocycles. The van der Waals surface area contributed by atoms with Crippen LogP contribution in [0.4, 0.5) is 5.69 Å². The highest BCUT2D eigenvalue weighted by atomic mass is 35.5. The van der Waals surface area contributed by atoms with E-state index in [-0.39, 0.29) is 23.6 Å². The number of rotatable bonds is 7. The molecule has 2 heterocycles. The first kappa shape index (κ1) is 22.3. The third-order valence-corrected chi connectivity index (χ3v) is 5.04. The molecule has 172 valence electrons. The number of carbonyl (C=O) groups is 2. The molecule has 33 heavy (non-hydrogen) atoms. The largest absolute Gasteiger partial charge is 0.493 e. The zero-order valence-electron chi connectivity index (χ0n) is 17.8. The van der Waals surface area contributed by atoms with Gasteiger partial charge >= 0.3 is 5.97 Å². The molecule has 4 rings (SSSR count). The van der Waals surface area contributed by atoms with Crippen LogP contribution in [-0.2, 0) is 11.3 Å². The van der Waals surface area contributed by atoms with E-state index in [9.17, 15) is 9.59 Å². The third kappa shape index (κ3) is 4.83. The Labute approximate surface area is 194 Å². The van der Waals surface area contributed by atoms with E-state index in [1.807, 2.05) is 0 Å². The number of nitrogens with one attached hydrogen (secondary N) is 1. The van der Waals surface area contributed by atoms with E-state index in [0.717, 1.165) is 0 Å². The second-order valence-electron chi connectivity index (χ2n) is 6.86. The summed E-state index contributed by atoms with van der Waals surface area (Å²) in [5.41, 5.74) is 0.842. The number of halogens is 1. The van der Waals surface area contributed by atoms with Crippen molar-refractivity contribution in [2.45, 2.75) is 6.61 Å². The number of fused-ring (bicyclic) bond motifs is 1. The fraction of sp³-hybridized carbons (Fsp3) is 0.217. The van der Waals surface area contributed by atoms with Crippen LogP contribution in [0, 0.1) is 0 Å². The van der Waals surface area contributed by atoms with Crippen LogP contribution < -0.4 is 24.3 Å². The number of anilines is 1. The number of esters is 1. The average Bonchev–Trinajstić information content (AvgIpc) is 3.37.